The lowest BCUT2D eigenvalue weighted by atomic mass is 10.2. The first kappa shape index (κ1) is 13.2. The maximum Gasteiger partial charge on any atom is 0.293 e. The molecule has 2 rings (SSSR count). The Morgan fingerprint density at radius 3 is 2.74 bits per heavy atom. The van der Waals surface area contributed by atoms with Gasteiger partial charge in [-0.25, -0.2) is 4.98 Å². The Labute approximate surface area is 115 Å². The van der Waals surface area contributed by atoms with Crippen molar-refractivity contribution in [2.45, 2.75) is 13.8 Å². The van der Waals surface area contributed by atoms with Gasteiger partial charge in [0.05, 0.1) is 5.69 Å². The second-order valence-corrected chi connectivity index (χ2v) is 4.49. The second kappa shape index (κ2) is 5.19. The number of aromatic nitrogens is 1. The SMILES string of the molecule is Cc1nc(C)c(C(=O)Nc2cccc(C(N)=S)c2)o1. The fraction of sp³-hybridized carbons (Fsp3) is 0.154. The van der Waals surface area contributed by atoms with Crippen molar-refractivity contribution in [3.05, 3.63) is 47.2 Å². The summed E-state index contributed by atoms with van der Waals surface area (Å²) in [5.41, 5.74) is 7.39. The molecule has 3 N–H and O–H groups in total. The van der Waals surface area contributed by atoms with Crippen LogP contribution in [0.1, 0.15) is 27.7 Å². The Kier molecular flexibility index (Phi) is 3.62. The molecule has 0 saturated carbocycles. The second-order valence-electron chi connectivity index (χ2n) is 4.05. The van der Waals surface area contributed by atoms with Gasteiger partial charge in [-0.2, -0.15) is 0 Å². The number of hydrogen-bond acceptors (Lipinski definition) is 4. The van der Waals surface area contributed by atoms with E-state index in [0.717, 1.165) is 0 Å². The maximum absolute atomic E-state index is 12.0. The zero-order valence-corrected chi connectivity index (χ0v) is 11.4. The van der Waals surface area contributed by atoms with Gasteiger partial charge >= 0.3 is 0 Å². The van der Waals surface area contributed by atoms with Gasteiger partial charge in [0.15, 0.2) is 5.89 Å². The van der Waals surface area contributed by atoms with Gasteiger partial charge in [0.2, 0.25) is 5.76 Å². The third-order valence-electron chi connectivity index (χ3n) is 2.51. The molecule has 0 fully saturated rings. The number of anilines is 1. The molecule has 0 saturated heterocycles. The Bertz CT molecular complexity index is 649. The highest BCUT2D eigenvalue weighted by atomic mass is 32.1. The highest BCUT2D eigenvalue weighted by molar-refractivity contribution is 7.80. The summed E-state index contributed by atoms with van der Waals surface area (Å²) in [5, 5.41) is 2.72. The van der Waals surface area contributed by atoms with Crippen molar-refractivity contribution >= 4 is 28.8 Å². The van der Waals surface area contributed by atoms with Crippen molar-refractivity contribution in [1.82, 2.24) is 4.98 Å². The zero-order valence-electron chi connectivity index (χ0n) is 10.6. The van der Waals surface area contributed by atoms with E-state index in [9.17, 15) is 4.79 Å². The first-order chi connectivity index (χ1) is 8.97. The fourth-order valence-corrected chi connectivity index (χ4v) is 1.81. The molecule has 98 valence electrons. The van der Waals surface area contributed by atoms with E-state index in [1.807, 2.05) is 0 Å². The van der Waals surface area contributed by atoms with Crippen LogP contribution in [-0.4, -0.2) is 15.9 Å². The van der Waals surface area contributed by atoms with Gasteiger partial charge in [0.1, 0.15) is 4.99 Å². The van der Waals surface area contributed by atoms with Crippen LogP contribution < -0.4 is 11.1 Å². The summed E-state index contributed by atoms with van der Waals surface area (Å²) in [6.45, 7) is 3.41. The monoisotopic (exact) mass is 275 g/mol. The Morgan fingerprint density at radius 2 is 2.16 bits per heavy atom. The van der Waals surface area contributed by atoms with Crippen LogP contribution in [0.25, 0.3) is 0 Å². The number of carbonyl (C=O) groups excluding carboxylic acids is 1. The third-order valence-corrected chi connectivity index (χ3v) is 2.75. The van der Waals surface area contributed by atoms with E-state index >= 15 is 0 Å². The topological polar surface area (TPSA) is 81.2 Å². The molecule has 0 aliphatic heterocycles. The van der Waals surface area contributed by atoms with Crippen molar-refractivity contribution in [2.75, 3.05) is 5.32 Å². The van der Waals surface area contributed by atoms with E-state index < -0.39 is 0 Å². The number of hydrogen-bond donors (Lipinski definition) is 2. The number of thiocarbonyl (C=S) groups is 1. The van der Waals surface area contributed by atoms with E-state index in [4.69, 9.17) is 22.4 Å². The summed E-state index contributed by atoms with van der Waals surface area (Å²) in [6.07, 6.45) is 0. The smallest absolute Gasteiger partial charge is 0.293 e. The average Bonchev–Trinajstić information content (AvgIpc) is 2.69. The molecule has 1 heterocycles. The molecule has 1 aromatic carbocycles. The summed E-state index contributed by atoms with van der Waals surface area (Å²) in [6, 6.07) is 7.00. The van der Waals surface area contributed by atoms with E-state index in [2.05, 4.69) is 10.3 Å². The molecule has 0 aliphatic carbocycles. The minimum Gasteiger partial charge on any atom is -0.436 e. The van der Waals surface area contributed by atoms with Crippen LogP contribution in [0.5, 0.6) is 0 Å². The van der Waals surface area contributed by atoms with E-state index in [1.165, 1.54) is 0 Å². The molecule has 0 radical (unpaired) electrons. The summed E-state index contributed by atoms with van der Waals surface area (Å²) in [7, 11) is 0. The predicted octanol–water partition coefficient (Wildman–Crippen LogP) is 2.18. The minimum atomic E-state index is -0.349. The Morgan fingerprint density at radius 1 is 1.42 bits per heavy atom. The van der Waals surface area contributed by atoms with Crippen LogP contribution in [0.4, 0.5) is 5.69 Å². The number of amides is 1. The summed E-state index contributed by atoms with van der Waals surface area (Å²) in [5.74, 6) is 0.316. The Balaban J connectivity index is 2.21. The molecule has 6 heteroatoms. The number of aryl methyl sites for hydroxylation is 2. The molecule has 0 atom stereocenters. The number of nitrogens with two attached hydrogens (primary N) is 1. The highest BCUT2D eigenvalue weighted by Gasteiger charge is 2.16. The van der Waals surface area contributed by atoms with Gasteiger partial charge in [0.25, 0.3) is 5.91 Å². The molecular weight excluding hydrogens is 262 g/mol. The van der Waals surface area contributed by atoms with E-state index in [0.29, 0.717) is 22.8 Å². The normalized spacial score (nSPS) is 10.2. The number of nitrogens with one attached hydrogen (secondary N) is 1. The lowest BCUT2D eigenvalue weighted by Crippen LogP contribution is -2.14. The number of benzene rings is 1. The van der Waals surface area contributed by atoms with Crippen LogP contribution in [0, 0.1) is 13.8 Å². The first-order valence-corrected chi connectivity index (χ1v) is 6.03. The van der Waals surface area contributed by atoms with Gasteiger partial charge in [0, 0.05) is 18.2 Å². The molecule has 0 bridgehead atoms. The van der Waals surface area contributed by atoms with Crippen LogP contribution in [0.2, 0.25) is 0 Å². The van der Waals surface area contributed by atoms with Crippen molar-refractivity contribution in [3.8, 4) is 0 Å². The predicted molar refractivity (Wildman–Crippen MR) is 76.3 cm³/mol. The Hall–Kier alpha value is -2.21. The highest BCUT2D eigenvalue weighted by Crippen LogP contribution is 2.15. The molecule has 2 aromatic rings. The van der Waals surface area contributed by atoms with E-state index in [1.54, 1.807) is 38.1 Å². The number of rotatable bonds is 3. The lowest BCUT2D eigenvalue weighted by molar-refractivity contribution is 0.0994. The van der Waals surface area contributed by atoms with Crippen LogP contribution in [-0.2, 0) is 0 Å². The maximum atomic E-state index is 12.0. The molecule has 19 heavy (non-hydrogen) atoms. The average molecular weight is 275 g/mol. The van der Waals surface area contributed by atoms with Gasteiger partial charge in [-0.05, 0) is 19.1 Å². The standard InChI is InChI=1S/C13H13N3O2S/c1-7-11(18-8(2)15-7)13(17)16-10-5-3-4-9(6-10)12(14)19/h3-6H,1-2H3,(H2,14,19)(H,16,17). The van der Waals surface area contributed by atoms with Crippen LogP contribution in [0.15, 0.2) is 28.7 Å². The largest absolute Gasteiger partial charge is 0.436 e. The van der Waals surface area contributed by atoms with Gasteiger partial charge in [-0.1, -0.05) is 24.4 Å². The number of carbonyl (C=O) groups is 1. The van der Waals surface area contributed by atoms with Crippen molar-refractivity contribution in [2.24, 2.45) is 5.73 Å². The minimum absolute atomic E-state index is 0.207. The van der Waals surface area contributed by atoms with Crippen LogP contribution in [0.3, 0.4) is 0 Å². The van der Waals surface area contributed by atoms with Crippen molar-refractivity contribution < 1.29 is 9.21 Å². The first-order valence-electron chi connectivity index (χ1n) is 5.62. The molecule has 1 aromatic heterocycles. The molecule has 0 spiro atoms. The molecule has 0 unspecified atom stereocenters. The molecule has 1 amide bonds. The molecular formula is C13H13N3O2S. The third kappa shape index (κ3) is 2.97. The van der Waals surface area contributed by atoms with E-state index in [-0.39, 0.29) is 16.7 Å². The fourth-order valence-electron chi connectivity index (χ4n) is 1.68. The molecule has 5 nitrogen and oxygen atoms in total. The summed E-state index contributed by atoms with van der Waals surface area (Å²) in [4.78, 5) is 16.4. The number of nitrogens with zero attached hydrogens (tertiary/aromatic N) is 1. The quantitative estimate of drug-likeness (QED) is 0.839. The van der Waals surface area contributed by atoms with Crippen LogP contribution >= 0.6 is 12.2 Å². The van der Waals surface area contributed by atoms with Gasteiger partial charge < -0.3 is 15.5 Å². The summed E-state index contributed by atoms with van der Waals surface area (Å²) < 4.78 is 5.25. The zero-order chi connectivity index (χ0) is 14.0. The summed E-state index contributed by atoms with van der Waals surface area (Å²) >= 11 is 4.89. The van der Waals surface area contributed by atoms with Crippen molar-refractivity contribution in [1.29, 1.82) is 0 Å². The number of oxazole rings is 1. The lowest BCUT2D eigenvalue weighted by Gasteiger charge is -2.05. The molecule has 0 aliphatic rings. The van der Waals surface area contributed by atoms with Gasteiger partial charge in [-0.3, -0.25) is 4.79 Å². The van der Waals surface area contributed by atoms with Crippen molar-refractivity contribution in [3.63, 3.8) is 0 Å². The van der Waals surface area contributed by atoms with Gasteiger partial charge in [-0.15, -0.1) is 0 Å².